The summed E-state index contributed by atoms with van der Waals surface area (Å²) in [6.07, 6.45) is 0. The van der Waals surface area contributed by atoms with Crippen molar-refractivity contribution in [2.75, 3.05) is 11.9 Å². The molecular weight excluding hydrogens is 382 g/mol. The number of carbonyl (C=O) groups excluding carboxylic acids is 3. The van der Waals surface area contributed by atoms with E-state index in [2.05, 4.69) is 5.32 Å². The Morgan fingerprint density at radius 3 is 2.47 bits per heavy atom. The van der Waals surface area contributed by atoms with Crippen molar-refractivity contribution in [3.63, 3.8) is 0 Å². The quantitative estimate of drug-likeness (QED) is 0.483. The number of esters is 1. The van der Waals surface area contributed by atoms with Crippen LogP contribution in [0.25, 0.3) is 0 Å². The number of Topliss-reactive ketones (excluding diaryl/α,β-unsaturated/α-hetero) is 1. The highest BCUT2D eigenvalue weighted by Gasteiger charge is 2.27. The molecule has 1 aliphatic heterocycles. The second-order valence-electron chi connectivity index (χ2n) is 6.96. The summed E-state index contributed by atoms with van der Waals surface area (Å²) < 4.78 is 10.9. The number of benzene rings is 3. The van der Waals surface area contributed by atoms with Crippen LogP contribution < -0.4 is 10.1 Å². The molecule has 0 spiro atoms. The number of rotatable bonds is 6. The van der Waals surface area contributed by atoms with Crippen LogP contribution in [-0.4, -0.2) is 24.3 Å². The van der Waals surface area contributed by atoms with Crippen molar-refractivity contribution in [2.24, 2.45) is 0 Å². The molecule has 0 saturated carbocycles. The summed E-state index contributed by atoms with van der Waals surface area (Å²) in [5.74, 6) is -0.229. The lowest BCUT2D eigenvalue weighted by Crippen LogP contribution is -2.14. The first-order chi connectivity index (χ1) is 14.5. The van der Waals surface area contributed by atoms with Crippen molar-refractivity contribution in [3.05, 3.63) is 89.5 Å². The van der Waals surface area contributed by atoms with Crippen LogP contribution in [0.4, 0.5) is 5.69 Å². The maximum absolute atomic E-state index is 12.5. The van der Waals surface area contributed by atoms with Crippen LogP contribution in [0.15, 0.2) is 72.8 Å². The fourth-order valence-corrected chi connectivity index (χ4v) is 3.20. The van der Waals surface area contributed by atoms with E-state index in [1.54, 1.807) is 49.4 Å². The second kappa shape index (κ2) is 8.21. The van der Waals surface area contributed by atoms with Crippen LogP contribution in [0.1, 0.15) is 39.1 Å². The summed E-state index contributed by atoms with van der Waals surface area (Å²) >= 11 is 0. The van der Waals surface area contributed by atoms with E-state index in [1.807, 2.05) is 30.3 Å². The first-order valence-electron chi connectivity index (χ1n) is 9.49. The first-order valence-corrected chi connectivity index (χ1v) is 9.49. The minimum absolute atomic E-state index is 0.0985. The topological polar surface area (TPSA) is 81.7 Å². The number of nitrogens with one attached hydrogen (secondary N) is 1. The molecule has 0 aromatic heterocycles. The van der Waals surface area contributed by atoms with Gasteiger partial charge in [-0.25, -0.2) is 4.79 Å². The molecule has 0 fully saturated rings. The fourth-order valence-electron chi connectivity index (χ4n) is 3.20. The van der Waals surface area contributed by atoms with E-state index >= 15 is 0 Å². The third-order valence-electron chi connectivity index (χ3n) is 4.87. The Bertz CT molecular complexity index is 1120. The molecule has 6 heteroatoms. The summed E-state index contributed by atoms with van der Waals surface area (Å²) in [5.41, 5.74) is 2.15. The van der Waals surface area contributed by atoms with Crippen LogP contribution in [0, 0.1) is 0 Å². The molecule has 1 amide bonds. The van der Waals surface area contributed by atoms with E-state index in [9.17, 15) is 14.4 Å². The molecule has 0 unspecified atom stereocenters. The molecule has 1 atom stereocenters. The third kappa shape index (κ3) is 4.07. The monoisotopic (exact) mass is 401 g/mol. The van der Waals surface area contributed by atoms with E-state index in [4.69, 9.17) is 9.47 Å². The smallest absolute Gasteiger partial charge is 0.338 e. The highest BCUT2D eigenvalue weighted by Crippen LogP contribution is 2.32. The van der Waals surface area contributed by atoms with E-state index in [0.717, 1.165) is 5.56 Å². The van der Waals surface area contributed by atoms with Crippen molar-refractivity contribution in [2.45, 2.75) is 12.8 Å². The van der Waals surface area contributed by atoms with Gasteiger partial charge in [0.2, 0.25) is 5.91 Å². The summed E-state index contributed by atoms with van der Waals surface area (Å²) in [4.78, 5) is 36.6. The number of ketones is 1. The molecule has 30 heavy (non-hydrogen) atoms. The van der Waals surface area contributed by atoms with Crippen molar-refractivity contribution < 1.29 is 23.9 Å². The first kappa shape index (κ1) is 19.4. The molecule has 3 aromatic carbocycles. The van der Waals surface area contributed by atoms with Gasteiger partial charge in [0.25, 0.3) is 0 Å². The SMILES string of the molecule is C[C@H]1C(=O)Nc2ccc(C(=O)COC(=O)c3cccc(Oc4ccccc4)c3)cc21. The number of anilines is 1. The van der Waals surface area contributed by atoms with Gasteiger partial charge in [0.05, 0.1) is 11.5 Å². The van der Waals surface area contributed by atoms with Crippen LogP contribution in [0.3, 0.4) is 0 Å². The van der Waals surface area contributed by atoms with E-state index in [0.29, 0.717) is 22.7 Å². The number of amides is 1. The minimum atomic E-state index is -0.617. The lowest BCUT2D eigenvalue weighted by Gasteiger charge is -2.09. The van der Waals surface area contributed by atoms with Crippen LogP contribution in [0.5, 0.6) is 11.5 Å². The molecule has 1 aliphatic rings. The second-order valence-corrected chi connectivity index (χ2v) is 6.96. The number of fused-ring (bicyclic) bond motifs is 1. The Morgan fingerprint density at radius 2 is 1.67 bits per heavy atom. The lowest BCUT2D eigenvalue weighted by molar-refractivity contribution is -0.116. The molecule has 0 aliphatic carbocycles. The van der Waals surface area contributed by atoms with Gasteiger partial charge in [-0.3, -0.25) is 9.59 Å². The van der Waals surface area contributed by atoms with Crippen molar-refractivity contribution >= 4 is 23.3 Å². The molecule has 1 N–H and O–H groups in total. The van der Waals surface area contributed by atoms with Gasteiger partial charge in [-0.05, 0) is 61.0 Å². The van der Waals surface area contributed by atoms with Crippen molar-refractivity contribution in [1.29, 1.82) is 0 Å². The predicted molar refractivity (Wildman–Crippen MR) is 111 cm³/mol. The molecule has 0 bridgehead atoms. The van der Waals surface area contributed by atoms with Gasteiger partial charge in [-0.1, -0.05) is 24.3 Å². The Hall–Kier alpha value is -3.93. The Labute approximate surface area is 173 Å². The number of hydrogen-bond acceptors (Lipinski definition) is 5. The van der Waals surface area contributed by atoms with Gasteiger partial charge < -0.3 is 14.8 Å². The molecule has 6 nitrogen and oxygen atoms in total. The maximum Gasteiger partial charge on any atom is 0.338 e. The average Bonchev–Trinajstić information content (AvgIpc) is 3.05. The highest BCUT2D eigenvalue weighted by molar-refractivity contribution is 6.05. The van der Waals surface area contributed by atoms with Gasteiger partial charge in [-0.15, -0.1) is 0 Å². The van der Waals surface area contributed by atoms with E-state index in [-0.39, 0.29) is 23.2 Å². The van der Waals surface area contributed by atoms with Gasteiger partial charge in [-0.2, -0.15) is 0 Å². The van der Waals surface area contributed by atoms with Crippen LogP contribution >= 0.6 is 0 Å². The largest absolute Gasteiger partial charge is 0.457 e. The molecule has 0 radical (unpaired) electrons. The summed E-state index contributed by atoms with van der Waals surface area (Å²) in [6, 6.07) is 20.8. The summed E-state index contributed by atoms with van der Waals surface area (Å²) in [7, 11) is 0. The number of carbonyl (C=O) groups is 3. The molecule has 1 heterocycles. The minimum Gasteiger partial charge on any atom is -0.457 e. The number of ether oxygens (including phenoxy) is 2. The number of hydrogen-bond donors (Lipinski definition) is 1. The van der Waals surface area contributed by atoms with Gasteiger partial charge in [0.15, 0.2) is 12.4 Å². The van der Waals surface area contributed by atoms with Crippen molar-refractivity contribution in [1.82, 2.24) is 0 Å². The average molecular weight is 401 g/mol. The fraction of sp³-hybridized carbons (Fsp3) is 0.125. The zero-order chi connectivity index (χ0) is 21.1. The van der Waals surface area contributed by atoms with Gasteiger partial charge >= 0.3 is 5.97 Å². The zero-order valence-electron chi connectivity index (χ0n) is 16.3. The summed E-state index contributed by atoms with van der Waals surface area (Å²) in [5, 5.41) is 2.76. The van der Waals surface area contributed by atoms with Gasteiger partial charge in [0, 0.05) is 11.3 Å². The molecular formula is C24H19NO5. The van der Waals surface area contributed by atoms with Gasteiger partial charge in [0.1, 0.15) is 11.5 Å². The van der Waals surface area contributed by atoms with Crippen LogP contribution in [0.2, 0.25) is 0 Å². The molecule has 150 valence electrons. The van der Waals surface area contributed by atoms with Crippen molar-refractivity contribution in [3.8, 4) is 11.5 Å². The van der Waals surface area contributed by atoms with E-state index in [1.165, 1.54) is 0 Å². The normalized spacial score (nSPS) is 14.6. The summed E-state index contributed by atoms with van der Waals surface area (Å²) in [6.45, 7) is 1.39. The Morgan fingerprint density at radius 1 is 0.900 bits per heavy atom. The number of para-hydroxylation sites is 1. The standard InChI is InChI=1S/C24H19NO5/c1-15-20-13-16(10-11-21(20)25-23(15)27)22(26)14-29-24(28)17-6-5-9-19(12-17)30-18-7-3-2-4-8-18/h2-13,15H,14H2,1H3,(H,25,27)/t15-/m1/s1. The third-order valence-corrected chi connectivity index (χ3v) is 4.87. The molecule has 0 saturated heterocycles. The molecule has 4 rings (SSSR count). The maximum atomic E-state index is 12.5. The molecule has 3 aromatic rings. The van der Waals surface area contributed by atoms with E-state index < -0.39 is 12.6 Å². The predicted octanol–water partition coefficient (Wildman–Crippen LogP) is 4.57. The zero-order valence-corrected chi connectivity index (χ0v) is 16.3. The Kier molecular flexibility index (Phi) is 5.30. The van der Waals surface area contributed by atoms with Crippen LogP contribution in [-0.2, 0) is 9.53 Å². The lowest BCUT2D eigenvalue weighted by atomic mass is 9.99. The highest BCUT2D eigenvalue weighted by atomic mass is 16.5. The Balaban J connectivity index is 1.40.